The van der Waals surface area contributed by atoms with E-state index in [4.69, 9.17) is 0 Å². The number of Topliss-reactive ketones (excluding diaryl/α,β-unsaturated/α-hetero) is 1. The molecule has 144 valence electrons. The molecule has 0 radical (unpaired) electrons. The summed E-state index contributed by atoms with van der Waals surface area (Å²) in [5.74, 6) is -1.94. The number of aryl methyl sites for hydroxylation is 1. The Balaban J connectivity index is 1.89. The van der Waals surface area contributed by atoms with Gasteiger partial charge in [-0.2, -0.15) is 0 Å². The van der Waals surface area contributed by atoms with E-state index in [2.05, 4.69) is 0 Å². The van der Waals surface area contributed by atoms with Gasteiger partial charge in [-0.05, 0) is 49.6 Å². The standard InChI is InChI=1S/C23H22FNO3/c1-14-5-4-6-16(13-14)20-19(21(26)15-9-11-17(24)12-10-15)22(27)23(28)25(20)18-7-2-3-8-18/h4-6,9-13,18,20,26H,2-3,7-8H2,1H3/b21-19-. The molecule has 0 aromatic heterocycles. The number of hydrogen-bond donors (Lipinski definition) is 1. The zero-order valence-corrected chi connectivity index (χ0v) is 15.7. The first-order chi connectivity index (χ1) is 13.5. The van der Waals surface area contributed by atoms with Crippen molar-refractivity contribution >= 4 is 17.4 Å². The molecule has 2 aromatic carbocycles. The van der Waals surface area contributed by atoms with Crippen LogP contribution in [0.2, 0.25) is 0 Å². The quantitative estimate of drug-likeness (QED) is 0.485. The molecule has 1 amide bonds. The third-order valence-corrected chi connectivity index (χ3v) is 5.67. The largest absolute Gasteiger partial charge is 0.507 e. The summed E-state index contributed by atoms with van der Waals surface area (Å²) in [7, 11) is 0. The van der Waals surface area contributed by atoms with E-state index in [0.29, 0.717) is 5.56 Å². The molecule has 1 N–H and O–H groups in total. The minimum Gasteiger partial charge on any atom is -0.507 e. The highest BCUT2D eigenvalue weighted by Gasteiger charge is 2.49. The zero-order chi connectivity index (χ0) is 19.8. The van der Waals surface area contributed by atoms with Gasteiger partial charge in [0, 0.05) is 11.6 Å². The lowest BCUT2D eigenvalue weighted by molar-refractivity contribution is -0.141. The van der Waals surface area contributed by atoms with Gasteiger partial charge in [0.15, 0.2) is 0 Å². The second-order valence-corrected chi connectivity index (χ2v) is 7.57. The monoisotopic (exact) mass is 379 g/mol. The number of hydrogen-bond acceptors (Lipinski definition) is 3. The van der Waals surface area contributed by atoms with Crippen LogP contribution in [-0.2, 0) is 9.59 Å². The molecule has 1 atom stereocenters. The number of halogens is 1. The maximum atomic E-state index is 13.3. The Labute approximate surface area is 163 Å². The van der Waals surface area contributed by atoms with E-state index in [1.165, 1.54) is 24.3 Å². The molecule has 4 rings (SSSR count). The molecule has 28 heavy (non-hydrogen) atoms. The van der Waals surface area contributed by atoms with Crippen molar-refractivity contribution in [2.45, 2.75) is 44.7 Å². The molecule has 0 spiro atoms. The molecule has 2 aromatic rings. The van der Waals surface area contributed by atoms with Gasteiger partial charge in [0.1, 0.15) is 11.6 Å². The molecule has 1 saturated carbocycles. The van der Waals surface area contributed by atoms with Gasteiger partial charge in [-0.3, -0.25) is 9.59 Å². The van der Waals surface area contributed by atoms with Gasteiger partial charge >= 0.3 is 0 Å². The Hall–Kier alpha value is -2.95. The van der Waals surface area contributed by atoms with Crippen molar-refractivity contribution in [3.8, 4) is 0 Å². The number of benzene rings is 2. The Morgan fingerprint density at radius 3 is 2.39 bits per heavy atom. The summed E-state index contributed by atoms with van der Waals surface area (Å²) in [5.41, 5.74) is 2.21. The van der Waals surface area contributed by atoms with Crippen LogP contribution < -0.4 is 0 Å². The van der Waals surface area contributed by atoms with Crippen LogP contribution in [0.3, 0.4) is 0 Å². The molecule has 1 heterocycles. The Bertz CT molecular complexity index is 958. The number of aliphatic hydroxyl groups is 1. The molecule has 2 fully saturated rings. The molecule has 5 heteroatoms. The SMILES string of the molecule is Cc1cccc(C2/C(=C(/O)c3ccc(F)cc3)C(=O)C(=O)N2C2CCCC2)c1. The van der Waals surface area contributed by atoms with Crippen molar-refractivity contribution < 1.29 is 19.1 Å². The molecular weight excluding hydrogens is 357 g/mol. The van der Waals surface area contributed by atoms with Gasteiger partial charge in [-0.25, -0.2) is 4.39 Å². The summed E-state index contributed by atoms with van der Waals surface area (Å²) in [6.45, 7) is 1.95. The molecule has 4 nitrogen and oxygen atoms in total. The van der Waals surface area contributed by atoms with Gasteiger partial charge in [0.05, 0.1) is 11.6 Å². The van der Waals surface area contributed by atoms with Crippen LogP contribution in [0.1, 0.15) is 48.4 Å². The van der Waals surface area contributed by atoms with E-state index in [-0.39, 0.29) is 17.4 Å². The van der Waals surface area contributed by atoms with E-state index in [9.17, 15) is 19.1 Å². The summed E-state index contributed by atoms with van der Waals surface area (Å²) >= 11 is 0. The number of nitrogens with zero attached hydrogens (tertiary/aromatic N) is 1. The zero-order valence-electron chi connectivity index (χ0n) is 15.7. The number of carbonyl (C=O) groups is 2. The Kier molecular flexibility index (Phi) is 4.75. The van der Waals surface area contributed by atoms with Crippen LogP contribution in [0.15, 0.2) is 54.1 Å². The van der Waals surface area contributed by atoms with Crippen molar-refractivity contribution in [2.75, 3.05) is 0 Å². The Morgan fingerprint density at radius 2 is 1.75 bits per heavy atom. The van der Waals surface area contributed by atoms with E-state index in [0.717, 1.165) is 36.8 Å². The van der Waals surface area contributed by atoms with Crippen LogP contribution in [-0.4, -0.2) is 27.7 Å². The minimum atomic E-state index is -0.680. The first kappa shape index (κ1) is 18.4. The van der Waals surface area contributed by atoms with Crippen molar-refractivity contribution in [3.63, 3.8) is 0 Å². The summed E-state index contributed by atoms with van der Waals surface area (Å²) < 4.78 is 13.3. The van der Waals surface area contributed by atoms with Crippen LogP contribution >= 0.6 is 0 Å². The van der Waals surface area contributed by atoms with Crippen LogP contribution in [0.4, 0.5) is 4.39 Å². The number of ketones is 1. The number of rotatable bonds is 3. The average molecular weight is 379 g/mol. The highest BCUT2D eigenvalue weighted by molar-refractivity contribution is 6.46. The lowest BCUT2D eigenvalue weighted by Crippen LogP contribution is -2.37. The van der Waals surface area contributed by atoms with Gasteiger partial charge in [-0.1, -0.05) is 42.7 Å². The number of amides is 1. The van der Waals surface area contributed by atoms with Gasteiger partial charge in [0.25, 0.3) is 11.7 Å². The lowest BCUT2D eigenvalue weighted by atomic mass is 9.94. The third kappa shape index (κ3) is 3.11. The average Bonchev–Trinajstić information content (AvgIpc) is 3.29. The molecule has 1 saturated heterocycles. The molecule has 1 aliphatic heterocycles. The lowest BCUT2D eigenvalue weighted by Gasteiger charge is -2.31. The molecule has 1 aliphatic carbocycles. The van der Waals surface area contributed by atoms with Crippen LogP contribution in [0.5, 0.6) is 0 Å². The maximum Gasteiger partial charge on any atom is 0.295 e. The fourth-order valence-corrected chi connectivity index (χ4v) is 4.34. The van der Waals surface area contributed by atoms with Gasteiger partial charge < -0.3 is 10.0 Å². The highest BCUT2D eigenvalue weighted by atomic mass is 19.1. The summed E-state index contributed by atoms with van der Waals surface area (Å²) in [6.07, 6.45) is 3.75. The van der Waals surface area contributed by atoms with Crippen molar-refractivity contribution in [2.24, 2.45) is 0 Å². The van der Waals surface area contributed by atoms with Gasteiger partial charge in [0.2, 0.25) is 0 Å². The number of carbonyl (C=O) groups excluding carboxylic acids is 2. The normalized spacial score (nSPS) is 22.2. The van der Waals surface area contributed by atoms with Gasteiger partial charge in [-0.15, -0.1) is 0 Å². The fraction of sp³-hybridized carbons (Fsp3) is 0.304. The van der Waals surface area contributed by atoms with Crippen molar-refractivity contribution in [3.05, 3.63) is 76.6 Å². The first-order valence-electron chi connectivity index (χ1n) is 9.60. The third-order valence-electron chi connectivity index (χ3n) is 5.67. The van der Waals surface area contributed by atoms with Crippen LogP contribution in [0.25, 0.3) is 5.76 Å². The Morgan fingerprint density at radius 1 is 1.07 bits per heavy atom. The predicted octanol–water partition coefficient (Wildman–Crippen LogP) is 4.50. The fourth-order valence-electron chi connectivity index (χ4n) is 4.34. The molecule has 0 bridgehead atoms. The summed E-state index contributed by atoms with van der Waals surface area (Å²) in [6, 6.07) is 12.3. The smallest absolute Gasteiger partial charge is 0.295 e. The van der Waals surface area contributed by atoms with Crippen molar-refractivity contribution in [1.29, 1.82) is 0 Å². The second-order valence-electron chi connectivity index (χ2n) is 7.57. The first-order valence-corrected chi connectivity index (χ1v) is 9.60. The predicted molar refractivity (Wildman–Crippen MR) is 104 cm³/mol. The van der Waals surface area contributed by atoms with Crippen molar-refractivity contribution in [1.82, 2.24) is 4.90 Å². The number of aliphatic hydroxyl groups excluding tert-OH is 1. The van der Waals surface area contributed by atoms with E-state index in [1.807, 2.05) is 31.2 Å². The second kappa shape index (κ2) is 7.23. The summed E-state index contributed by atoms with van der Waals surface area (Å²) in [4.78, 5) is 27.5. The summed E-state index contributed by atoms with van der Waals surface area (Å²) in [5, 5.41) is 10.9. The van der Waals surface area contributed by atoms with E-state index < -0.39 is 23.5 Å². The number of likely N-dealkylation sites (tertiary alicyclic amines) is 1. The van der Waals surface area contributed by atoms with Crippen LogP contribution in [0, 0.1) is 12.7 Å². The van der Waals surface area contributed by atoms with E-state index in [1.54, 1.807) is 4.90 Å². The topological polar surface area (TPSA) is 57.6 Å². The molecule has 2 aliphatic rings. The molecular formula is C23H22FNO3. The highest BCUT2D eigenvalue weighted by Crippen LogP contribution is 2.43. The molecule has 1 unspecified atom stereocenters. The van der Waals surface area contributed by atoms with E-state index >= 15 is 0 Å². The minimum absolute atomic E-state index is 0.0134. The maximum absolute atomic E-state index is 13.3.